The molecule has 1 rings (SSSR count). The Morgan fingerprint density at radius 3 is 2.86 bits per heavy atom. The lowest BCUT2D eigenvalue weighted by Gasteiger charge is -2.15. The van der Waals surface area contributed by atoms with E-state index < -0.39 is 17.8 Å². The molecule has 0 aliphatic rings. The van der Waals surface area contributed by atoms with Crippen LogP contribution in [0.1, 0.15) is 18.1 Å². The van der Waals surface area contributed by atoms with E-state index in [4.69, 9.17) is 0 Å². The van der Waals surface area contributed by atoms with Crippen molar-refractivity contribution in [2.24, 2.45) is 0 Å². The van der Waals surface area contributed by atoms with Crippen molar-refractivity contribution < 1.29 is 10.2 Å². The number of hydrogen-bond acceptors (Lipinski definition) is 4. The third-order valence-electron chi connectivity index (χ3n) is 1.83. The minimum Gasteiger partial charge on any atom is -0.390 e. The van der Waals surface area contributed by atoms with Gasteiger partial charge in [0, 0.05) is 11.5 Å². The number of alkyl halides is 1. The molecule has 1 aromatic heterocycles. The van der Waals surface area contributed by atoms with Gasteiger partial charge in [-0.15, -0.1) is 0 Å². The summed E-state index contributed by atoms with van der Waals surface area (Å²) in [4.78, 5) is 17.2. The van der Waals surface area contributed by atoms with Crippen LogP contribution in [0.4, 0.5) is 0 Å². The molecule has 78 valence electrons. The Balaban J connectivity index is 2.84. The van der Waals surface area contributed by atoms with Crippen LogP contribution in [0.15, 0.2) is 17.3 Å². The average molecular weight is 263 g/mol. The van der Waals surface area contributed by atoms with Crippen LogP contribution in [0.2, 0.25) is 0 Å². The van der Waals surface area contributed by atoms with E-state index in [9.17, 15) is 15.0 Å². The summed E-state index contributed by atoms with van der Waals surface area (Å²) in [6.45, 7) is 0. The first kappa shape index (κ1) is 11.4. The highest BCUT2D eigenvalue weighted by atomic mass is 79.9. The molecule has 1 heterocycles. The molecule has 0 saturated heterocycles. The second-order valence-electron chi connectivity index (χ2n) is 2.83. The molecule has 2 atom stereocenters. The number of aliphatic hydroxyl groups excluding tert-OH is 2. The molecule has 0 radical (unpaired) electrons. The molecule has 0 fully saturated rings. The van der Waals surface area contributed by atoms with Crippen LogP contribution in [0, 0.1) is 0 Å². The molecule has 1 aromatic rings. The van der Waals surface area contributed by atoms with Gasteiger partial charge in [-0.05, 0) is 6.42 Å². The smallest absolute Gasteiger partial charge is 0.256 e. The minimum absolute atomic E-state index is 0.0842. The van der Waals surface area contributed by atoms with Gasteiger partial charge in [0.25, 0.3) is 5.56 Å². The summed E-state index contributed by atoms with van der Waals surface area (Å²) in [5.74, 6) is 0. The van der Waals surface area contributed by atoms with Crippen LogP contribution >= 0.6 is 15.9 Å². The Hall–Kier alpha value is -0.720. The normalized spacial score (nSPS) is 15.1. The average Bonchev–Trinajstić information content (AvgIpc) is 2.18. The van der Waals surface area contributed by atoms with E-state index in [0.717, 1.165) is 0 Å². The largest absolute Gasteiger partial charge is 0.390 e. The van der Waals surface area contributed by atoms with Crippen molar-refractivity contribution in [3.05, 3.63) is 28.4 Å². The third-order valence-corrected chi connectivity index (χ3v) is 2.29. The van der Waals surface area contributed by atoms with Gasteiger partial charge in [0.15, 0.2) is 0 Å². The van der Waals surface area contributed by atoms with E-state index >= 15 is 0 Å². The summed E-state index contributed by atoms with van der Waals surface area (Å²) in [7, 11) is 0. The molecule has 0 bridgehead atoms. The van der Waals surface area contributed by atoms with Crippen LogP contribution < -0.4 is 5.56 Å². The van der Waals surface area contributed by atoms with Crippen LogP contribution in [-0.4, -0.2) is 31.6 Å². The topological polar surface area (TPSA) is 86.2 Å². The van der Waals surface area contributed by atoms with E-state index in [2.05, 4.69) is 25.9 Å². The van der Waals surface area contributed by atoms with Gasteiger partial charge in [-0.3, -0.25) is 4.79 Å². The summed E-state index contributed by atoms with van der Waals surface area (Å²) in [5.41, 5.74) is -0.345. The molecule has 0 spiro atoms. The van der Waals surface area contributed by atoms with Crippen molar-refractivity contribution in [2.75, 3.05) is 5.33 Å². The molecular weight excluding hydrogens is 252 g/mol. The van der Waals surface area contributed by atoms with Crippen molar-refractivity contribution in [1.29, 1.82) is 0 Å². The van der Waals surface area contributed by atoms with Crippen molar-refractivity contribution in [3.8, 4) is 0 Å². The van der Waals surface area contributed by atoms with Gasteiger partial charge in [0.1, 0.15) is 6.10 Å². The lowest BCUT2D eigenvalue weighted by Crippen LogP contribution is -2.25. The summed E-state index contributed by atoms with van der Waals surface area (Å²) in [6.07, 6.45) is 0.705. The molecule has 2 unspecified atom stereocenters. The van der Waals surface area contributed by atoms with Gasteiger partial charge in [-0.1, -0.05) is 15.9 Å². The molecule has 3 N–H and O–H groups in total. The molecule has 0 aliphatic heterocycles. The summed E-state index contributed by atoms with van der Waals surface area (Å²) in [6, 6.07) is 0. The Labute approximate surface area is 88.9 Å². The summed E-state index contributed by atoms with van der Waals surface area (Å²) in [5, 5.41) is 19.6. The predicted octanol–water partition coefficient (Wildman–Crippen LogP) is -0.0508. The van der Waals surface area contributed by atoms with Crippen molar-refractivity contribution >= 4 is 15.9 Å². The van der Waals surface area contributed by atoms with Gasteiger partial charge in [0.2, 0.25) is 0 Å². The van der Waals surface area contributed by atoms with Gasteiger partial charge >= 0.3 is 0 Å². The Morgan fingerprint density at radius 2 is 2.29 bits per heavy atom. The number of halogens is 1. The van der Waals surface area contributed by atoms with E-state index in [1.807, 2.05) is 0 Å². The van der Waals surface area contributed by atoms with E-state index in [0.29, 0.717) is 11.8 Å². The van der Waals surface area contributed by atoms with Gasteiger partial charge in [-0.2, -0.15) is 0 Å². The number of nitrogens with zero attached hydrogens (tertiary/aromatic N) is 1. The Morgan fingerprint density at radius 1 is 1.57 bits per heavy atom. The standard InChI is InChI=1S/C8H11BrN2O3/c9-2-1-6(12)7(13)5-3-10-4-11-8(5)14/h3-4,6-7,12-13H,1-2H2,(H,10,11,14). The molecule has 0 aliphatic carbocycles. The number of rotatable bonds is 4. The molecule has 0 saturated carbocycles. The fourth-order valence-corrected chi connectivity index (χ4v) is 1.51. The first-order valence-electron chi connectivity index (χ1n) is 4.11. The highest BCUT2D eigenvalue weighted by Gasteiger charge is 2.20. The maximum atomic E-state index is 11.2. The summed E-state index contributed by atoms with van der Waals surface area (Å²) >= 11 is 3.14. The molecule has 0 amide bonds. The van der Waals surface area contributed by atoms with Gasteiger partial charge in [-0.25, -0.2) is 4.98 Å². The third kappa shape index (κ3) is 2.63. The Bertz CT molecular complexity index is 341. The van der Waals surface area contributed by atoms with Crippen molar-refractivity contribution in [3.63, 3.8) is 0 Å². The zero-order chi connectivity index (χ0) is 10.6. The van der Waals surface area contributed by atoms with Gasteiger partial charge < -0.3 is 15.2 Å². The van der Waals surface area contributed by atoms with Gasteiger partial charge in [0.05, 0.1) is 18.0 Å². The SMILES string of the molecule is O=c1[nH]cncc1C(O)C(O)CCBr. The number of aromatic nitrogens is 2. The van der Waals surface area contributed by atoms with E-state index in [1.165, 1.54) is 12.5 Å². The van der Waals surface area contributed by atoms with Crippen LogP contribution in [0.5, 0.6) is 0 Å². The van der Waals surface area contributed by atoms with Crippen LogP contribution in [0.3, 0.4) is 0 Å². The van der Waals surface area contributed by atoms with E-state index in [1.54, 1.807) is 0 Å². The highest BCUT2D eigenvalue weighted by molar-refractivity contribution is 9.09. The molecule has 0 aromatic carbocycles. The predicted molar refractivity (Wildman–Crippen MR) is 54.2 cm³/mol. The van der Waals surface area contributed by atoms with E-state index in [-0.39, 0.29) is 5.56 Å². The highest BCUT2D eigenvalue weighted by Crippen LogP contribution is 2.14. The molecule has 14 heavy (non-hydrogen) atoms. The lowest BCUT2D eigenvalue weighted by molar-refractivity contribution is 0.0163. The zero-order valence-corrected chi connectivity index (χ0v) is 8.94. The fraction of sp³-hybridized carbons (Fsp3) is 0.500. The number of aromatic amines is 1. The number of aliphatic hydroxyl groups is 2. The molecule has 5 nitrogen and oxygen atoms in total. The first-order valence-corrected chi connectivity index (χ1v) is 5.23. The fourth-order valence-electron chi connectivity index (χ4n) is 1.04. The monoisotopic (exact) mass is 262 g/mol. The maximum absolute atomic E-state index is 11.2. The van der Waals surface area contributed by atoms with Crippen LogP contribution in [0.25, 0.3) is 0 Å². The van der Waals surface area contributed by atoms with Crippen molar-refractivity contribution in [2.45, 2.75) is 18.6 Å². The second kappa shape index (κ2) is 5.23. The Kier molecular flexibility index (Phi) is 4.24. The number of hydrogen-bond donors (Lipinski definition) is 3. The lowest BCUT2D eigenvalue weighted by atomic mass is 10.1. The molecule has 6 heteroatoms. The first-order chi connectivity index (χ1) is 6.66. The van der Waals surface area contributed by atoms with Crippen LogP contribution in [-0.2, 0) is 0 Å². The maximum Gasteiger partial charge on any atom is 0.256 e. The minimum atomic E-state index is -1.19. The molecular formula is C8H11BrN2O3. The summed E-state index contributed by atoms with van der Waals surface area (Å²) < 4.78 is 0. The second-order valence-corrected chi connectivity index (χ2v) is 3.62. The van der Waals surface area contributed by atoms with Crippen molar-refractivity contribution in [1.82, 2.24) is 9.97 Å². The number of nitrogens with one attached hydrogen (secondary N) is 1. The quantitative estimate of drug-likeness (QED) is 0.665. The zero-order valence-electron chi connectivity index (χ0n) is 7.35. The number of H-pyrrole nitrogens is 1.